The predicted molar refractivity (Wildman–Crippen MR) is 71.9 cm³/mol. The van der Waals surface area contributed by atoms with Gasteiger partial charge in [-0.3, -0.25) is 4.79 Å². The van der Waals surface area contributed by atoms with Crippen molar-refractivity contribution in [3.8, 4) is 5.75 Å². The quantitative estimate of drug-likeness (QED) is 0.857. The summed E-state index contributed by atoms with van der Waals surface area (Å²) in [6.45, 7) is 3.29. The van der Waals surface area contributed by atoms with Gasteiger partial charge in [0.2, 0.25) is 0 Å². The van der Waals surface area contributed by atoms with Crippen molar-refractivity contribution in [3.63, 3.8) is 0 Å². The van der Waals surface area contributed by atoms with Crippen molar-refractivity contribution in [2.24, 2.45) is 5.92 Å². The molecule has 1 aromatic carbocycles. The minimum Gasteiger partial charge on any atom is -0.484 e. The summed E-state index contributed by atoms with van der Waals surface area (Å²) in [7, 11) is 0. The van der Waals surface area contributed by atoms with Crippen LogP contribution in [0.5, 0.6) is 5.75 Å². The molecule has 1 aliphatic heterocycles. The summed E-state index contributed by atoms with van der Waals surface area (Å²) in [5.41, 5.74) is -0.778. The van der Waals surface area contributed by atoms with Gasteiger partial charge in [0.05, 0.1) is 5.56 Å². The third-order valence-electron chi connectivity index (χ3n) is 3.66. The zero-order chi connectivity index (χ0) is 15.5. The number of alkyl halides is 3. The van der Waals surface area contributed by atoms with E-state index in [1.165, 1.54) is 12.1 Å². The molecule has 1 heterocycles. The van der Waals surface area contributed by atoms with Crippen molar-refractivity contribution < 1.29 is 22.7 Å². The van der Waals surface area contributed by atoms with Crippen molar-refractivity contribution in [1.29, 1.82) is 0 Å². The summed E-state index contributed by atoms with van der Waals surface area (Å²) >= 11 is 0. The van der Waals surface area contributed by atoms with Crippen LogP contribution in [0.25, 0.3) is 0 Å². The topological polar surface area (TPSA) is 29.5 Å². The summed E-state index contributed by atoms with van der Waals surface area (Å²) in [5.74, 6) is 0.487. The zero-order valence-corrected chi connectivity index (χ0v) is 11.8. The van der Waals surface area contributed by atoms with E-state index in [9.17, 15) is 18.0 Å². The molecule has 2 rings (SSSR count). The first-order chi connectivity index (χ1) is 9.86. The molecule has 1 aromatic rings. The Morgan fingerprint density at radius 1 is 1.33 bits per heavy atom. The lowest BCUT2D eigenvalue weighted by Crippen LogP contribution is -2.40. The maximum Gasteiger partial charge on any atom is 0.416 e. The highest BCUT2D eigenvalue weighted by Gasteiger charge is 2.30. The van der Waals surface area contributed by atoms with E-state index >= 15 is 0 Å². The molecule has 0 atom stereocenters. The van der Waals surface area contributed by atoms with Crippen LogP contribution in [0.15, 0.2) is 24.3 Å². The van der Waals surface area contributed by atoms with Crippen molar-refractivity contribution in [2.45, 2.75) is 25.9 Å². The molecule has 1 aliphatic rings. The lowest BCUT2D eigenvalue weighted by Gasteiger charge is -2.30. The van der Waals surface area contributed by atoms with Crippen molar-refractivity contribution in [1.82, 2.24) is 4.90 Å². The standard InChI is InChI=1S/C15H18F3NO2/c1-11-5-7-19(8-6-11)14(20)10-21-13-4-2-3-12(9-13)15(16,17)18/h2-4,9,11H,5-8,10H2,1H3. The summed E-state index contributed by atoms with van der Waals surface area (Å²) in [4.78, 5) is 13.6. The van der Waals surface area contributed by atoms with Crippen LogP contribution in [0.1, 0.15) is 25.3 Å². The number of hydrogen-bond acceptors (Lipinski definition) is 2. The van der Waals surface area contributed by atoms with E-state index in [0.717, 1.165) is 25.0 Å². The fourth-order valence-corrected chi connectivity index (χ4v) is 2.26. The van der Waals surface area contributed by atoms with Gasteiger partial charge in [-0.25, -0.2) is 0 Å². The highest BCUT2D eigenvalue weighted by Crippen LogP contribution is 2.31. The van der Waals surface area contributed by atoms with Crippen LogP contribution in [0.4, 0.5) is 13.2 Å². The second kappa shape index (κ2) is 6.37. The lowest BCUT2D eigenvalue weighted by atomic mass is 9.99. The first-order valence-corrected chi connectivity index (χ1v) is 6.94. The van der Waals surface area contributed by atoms with Crippen LogP contribution in [-0.2, 0) is 11.0 Å². The molecule has 0 bridgehead atoms. The molecule has 0 N–H and O–H groups in total. The Labute approximate surface area is 121 Å². The number of carbonyl (C=O) groups excluding carboxylic acids is 1. The van der Waals surface area contributed by atoms with Crippen molar-refractivity contribution in [3.05, 3.63) is 29.8 Å². The predicted octanol–water partition coefficient (Wildman–Crippen LogP) is 3.34. The van der Waals surface area contributed by atoms with E-state index in [-0.39, 0.29) is 18.3 Å². The molecule has 1 saturated heterocycles. The van der Waals surface area contributed by atoms with Crippen LogP contribution in [0.3, 0.4) is 0 Å². The monoisotopic (exact) mass is 301 g/mol. The molecule has 0 unspecified atom stereocenters. The number of carbonyl (C=O) groups is 1. The van der Waals surface area contributed by atoms with Crippen LogP contribution in [0.2, 0.25) is 0 Å². The van der Waals surface area contributed by atoms with Gasteiger partial charge in [0.1, 0.15) is 5.75 Å². The number of nitrogens with zero attached hydrogens (tertiary/aromatic N) is 1. The van der Waals surface area contributed by atoms with Gasteiger partial charge in [-0.1, -0.05) is 13.0 Å². The van der Waals surface area contributed by atoms with Gasteiger partial charge in [0.15, 0.2) is 6.61 Å². The van der Waals surface area contributed by atoms with E-state index < -0.39 is 11.7 Å². The fraction of sp³-hybridized carbons (Fsp3) is 0.533. The molecule has 1 amide bonds. The van der Waals surface area contributed by atoms with Gasteiger partial charge in [0.25, 0.3) is 5.91 Å². The second-order valence-corrected chi connectivity index (χ2v) is 5.38. The fourth-order valence-electron chi connectivity index (χ4n) is 2.26. The Bertz CT molecular complexity index is 494. The number of rotatable bonds is 3. The molecule has 3 nitrogen and oxygen atoms in total. The van der Waals surface area contributed by atoms with Gasteiger partial charge in [-0.2, -0.15) is 13.2 Å². The van der Waals surface area contributed by atoms with E-state index in [4.69, 9.17) is 4.74 Å². The average Bonchev–Trinajstić information content (AvgIpc) is 2.45. The highest BCUT2D eigenvalue weighted by atomic mass is 19.4. The van der Waals surface area contributed by atoms with Gasteiger partial charge in [0, 0.05) is 13.1 Å². The van der Waals surface area contributed by atoms with Crippen molar-refractivity contribution in [2.75, 3.05) is 19.7 Å². The normalized spacial score (nSPS) is 16.9. The number of amides is 1. The van der Waals surface area contributed by atoms with E-state index in [1.54, 1.807) is 4.90 Å². The van der Waals surface area contributed by atoms with Crippen molar-refractivity contribution >= 4 is 5.91 Å². The van der Waals surface area contributed by atoms with Crippen LogP contribution >= 0.6 is 0 Å². The van der Waals surface area contributed by atoms with Crippen LogP contribution in [0, 0.1) is 5.92 Å². The van der Waals surface area contributed by atoms with Gasteiger partial charge in [-0.15, -0.1) is 0 Å². The Balaban J connectivity index is 1.89. The number of halogens is 3. The maximum atomic E-state index is 12.6. The Kier molecular flexibility index (Phi) is 4.75. The molecular weight excluding hydrogens is 283 g/mol. The molecule has 1 fully saturated rings. The lowest BCUT2D eigenvalue weighted by molar-refractivity contribution is -0.137. The number of hydrogen-bond donors (Lipinski definition) is 0. The first-order valence-electron chi connectivity index (χ1n) is 6.94. The Hall–Kier alpha value is -1.72. The third kappa shape index (κ3) is 4.37. The molecule has 0 aliphatic carbocycles. The maximum absolute atomic E-state index is 12.6. The van der Waals surface area contributed by atoms with Crippen LogP contribution in [-0.4, -0.2) is 30.5 Å². The smallest absolute Gasteiger partial charge is 0.416 e. The molecule has 0 saturated carbocycles. The molecular formula is C15H18F3NO2. The molecule has 0 radical (unpaired) electrons. The average molecular weight is 301 g/mol. The Morgan fingerprint density at radius 2 is 2.00 bits per heavy atom. The van der Waals surface area contributed by atoms with E-state index in [0.29, 0.717) is 19.0 Å². The molecule has 116 valence electrons. The van der Waals surface area contributed by atoms with E-state index in [1.807, 2.05) is 0 Å². The second-order valence-electron chi connectivity index (χ2n) is 5.38. The summed E-state index contributed by atoms with van der Waals surface area (Å²) < 4.78 is 42.9. The van der Waals surface area contributed by atoms with Gasteiger partial charge < -0.3 is 9.64 Å². The zero-order valence-electron chi connectivity index (χ0n) is 11.8. The number of ether oxygens (including phenoxy) is 1. The van der Waals surface area contributed by atoms with E-state index in [2.05, 4.69) is 6.92 Å². The number of likely N-dealkylation sites (tertiary alicyclic amines) is 1. The largest absolute Gasteiger partial charge is 0.484 e. The SMILES string of the molecule is CC1CCN(C(=O)COc2cccc(C(F)(F)F)c2)CC1. The Morgan fingerprint density at radius 3 is 2.62 bits per heavy atom. The minimum atomic E-state index is -4.41. The van der Waals surface area contributed by atoms with Gasteiger partial charge >= 0.3 is 6.18 Å². The number of benzene rings is 1. The van der Waals surface area contributed by atoms with Crippen LogP contribution < -0.4 is 4.74 Å². The summed E-state index contributed by atoms with van der Waals surface area (Å²) in [5, 5.41) is 0. The molecule has 21 heavy (non-hydrogen) atoms. The molecule has 0 spiro atoms. The number of piperidine rings is 1. The van der Waals surface area contributed by atoms with Gasteiger partial charge in [-0.05, 0) is 37.0 Å². The molecule has 6 heteroatoms. The third-order valence-corrected chi connectivity index (χ3v) is 3.66. The summed E-state index contributed by atoms with van der Waals surface area (Å²) in [6.07, 6.45) is -2.50. The summed E-state index contributed by atoms with van der Waals surface area (Å²) in [6, 6.07) is 4.57. The minimum absolute atomic E-state index is 0.0588. The molecule has 0 aromatic heterocycles. The first kappa shape index (κ1) is 15.7. The highest BCUT2D eigenvalue weighted by molar-refractivity contribution is 5.77.